The van der Waals surface area contributed by atoms with E-state index in [1.165, 1.54) is 17.3 Å². The zero-order chi connectivity index (χ0) is 18.4. The highest BCUT2D eigenvalue weighted by Crippen LogP contribution is 2.29. The number of hydrogen-bond donors (Lipinski definition) is 1. The molecule has 0 fully saturated rings. The second kappa shape index (κ2) is 9.24. The lowest BCUT2D eigenvalue weighted by Gasteiger charge is -2.11. The summed E-state index contributed by atoms with van der Waals surface area (Å²) >= 11 is 4.72. The number of nitrogens with zero attached hydrogens (tertiary/aromatic N) is 3. The number of aliphatic carboxylic acids is 1. The largest absolute Gasteiger partial charge is 0.492 e. The molecule has 1 aromatic heterocycles. The molecule has 1 aromatic carbocycles. The summed E-state index contributed by atoms with van der Waals surface area (Å²) in [4.78, 5) is 10.6. The van der Waals surface area contributed by atoms with Gasteiger partial charge in [-0.05, 0) is 46.0 Å². The summed E-state index contributed by atoms with van der Waals surface area (Å²) < 4.78 is 8.63. The van der Waals surface area contributed by atoms with Crippen LogP contribution in [0.3, 0.4) is 0 Å². The van der Waals surface area contributed by atoms with Crippen LogP contribution in [0.1, 0.15) is 37.6 Å². The van der Waals surface area contributed by atoms with Crippen molar-refractivity contribution in [1.82, 2.24) is 14.8 Å². The van der Waals surface area contributed by atoms with Crippen LogP contribution in [0.2, 0.25) is 0 Å². The average molecular weight is 428 g/mol. The van der Waals surface area contributed by atoms with E-state index < -0.39 is 5.97 Å². The number of aromatic nitrogens is 3. The second-order valence-corrected chi connectivity index (χ2v) is 7.73. The Morgan fingerprint density at radius 3 is 2.80 bits per heavy atom. The standard InChI is InChI=1S/C17H22BrN3O3S/c1-11(2)12-6-7-14(13(18)9-12)24-8-4-5-15-19-20-17(21(15)3)25-10-16(22)23/h6-7,9,11H,4-5,8,10H2,1-3H3,(H,22,23). The van der Waals surface area contributed by atoms with Gasteiger partial charge in [-0.2, -0.15) is 0 Å². The molecule has 1 heterocycles. The van der Waals surface area contributed by atoms with E-state index in [-0.39, 0.29) is 5.75 Å². The maximum atomic E-state index is 10.6. The molecule has 0 aliphatic rings. The Morgan fingerprint density at radius 2 is 2.16 bits per heavy atom. The molecule has 2 aromatic rings. The Balaban J connectivity index is 1.82. The summed E-state index contributed by atoms with van der Waals surface area (Å²) in [7, 11) is 1.85. The van der Waals surface area contributed by atoms with E-state index in [0.29, 0.717) is 17.7 Å². The van der Waals surface area contributed by atoms with Crippen LogP contribution in [-0.2, 0) is 18.3 Å². The summed E-state index contributed by atoms with van der Waals surface area (Å²) in [5, 5.41) is 17.5. The first kappa shape index (κ1) is 19.8. The van der Waals surface area contributed by atoms with Gasteiger partial charge in [-0.3, -0.25) is 4.79 Å². The fraction of sp³-hybridized carbons (Fsp3) is 0.471. The zero-order valence-electron chi connectivity index (χ0n) is 14.5. The second-order valence-electron chi connectivity index (χ2n) is 5.94. The first-order valence-electron chi connectivity index (χ1n) is 8.03. The van der Waals surface area contributed by atoms with Gasteiger partial charge in [0.1, 0.15) is 11.6 Å². The van der Waals surface area contributed by atoms with Gasteiger partial charge in [-0.25, -0.2) is 0 Å². The molecule has 2 rings (SSSR count). The molecule has 0 radical (unpaired) electrons. The molecule has 6 nitrogen and oxygen atoms in total. The van der Waals surface area contributed by atoms with Crippen molar-refractivity contribution in [1.29, 1.82) is 0 Å². The minimum absolute atomic E-state index is 0.0184. The molecule has 1 N–H and O–H groups in total. The monoisotopic (exact) mass is 427 g/mol. The Labute approximate surface area is 160 Å². The van der Waals surface area contributed by atoms with Gasteiger partial charge in [0.2, 0.25) is 0 Å². The summed E-state index contributed by atoms with van der Waals surface area (Å²) in [5.74, 6) is 1.26. The topological polar surface area (TPSA) is 77.2 Å². The molecule has 0 amide bonds. The van der Waals surface area contributed by atoms with E-state index in [2.05, 4.69) is 52.1 Å². The van der Waals surface area contributed by atoms with Crippen molar-refractivity contribution in [2.45, 2.75) is 37.8 Å². The predicted molar refractivity (Wildman–Crippen MR) is 101 cm³/mol. The Kier molecular flexibility index (Phi) is 7.31. The van der Waals surface area contributed by atoms with E-state index in [1.807, 2.05) is 17.7 Å². The summed E-state index contributed by atoms with van der Waals surface area (Å²) in [6.45, 7) is 4.89. The maximum absolute atomic E-state index is 10.6. The number of halogens is 1. The van der Waals surface area contributed by atoms with Crippen LogP contribution in [0, 0.1) is 0 Å². The average Bonchev–Trinajstić information content (AvgIpc) is 2.90. The summed E-state index contributed by atoms with van der Waals surface area (Å²) in [6.07, 6.45) is 1.52. The van der Waals surface area contributed by atoms with Crippen molar-refractivity contribution in [3.05, 3.63) is 34.1 Å². The maximum Gasteiger partial charge on any atom is 0.313 e. The van der Waals surface area contributed by atoms with Crippen molar-refractivity contribution in [3.63, 3.8) is 0 Å². The highest BCUT2D eigenvalue weighted by molar-refractivity contribution is 9.10. The lowest BCUT2D eigenvalue weighted by molar-refractivity contribution is -0.133. The number of carboxylic acids is 1. The fourth-order valence-electron chi connectivity index (χ4n) is 2.22. The minimum atomic E-state index is -0.864. The lowest BCUT2D eigenvalue weighted by Crippen LogP contribution is -2.05. The van der Waals surface area contributed by atoms with Crippen LogP contribution in [0.5, 0.6) is 5.75 Å². The number of hydrogen-bond acceptors (Lipinski definition) is 5. The van der Waals surface area contributed by atoms with Crippen molar-refractivity contribution < 1.29 is 14.6 Å². The number of aryl methyl sites for hydroxylation is 1. The molecule has 0 aliphatic carbocycles. The van der Waals surface area contributed by atoms with E-state index in [4.69, 9.17) is 9.84 Å². The molecule has 0 bridgehead atoms. The molecular formula is C17H22BrN3O3S. The molecule has 0 saturated heterocycles. The molecule has 136 valence electrons. The number of ether oxygens (including phenoxy) is 1. The predicted octanol–water partition coefficient (Wildman–Crippen LogP) is 3.89. The lowest BCUT2D eigenvalue weighted by atomic mass is 10.0. The summed E-state index contributed by atoms with van der Waals surface area (Å²) in [5.41, 5.74) is 1.27. The Morgan fingerprint density at radius 1 is 1.40 bits per heavy atom. The normalized spacial score (nSPS) is 11.1. The fourth-order valence-corrected chi connectivity index (χ4v) is 3.38. The van der Waals surface area contributed by atoms with Crippen LogP contribution in [0.25, 0.3) is 0 Å². The van der Waals surface area contributed by atoms with Gasteiger partial charge in [0.05, 0.1) is 16.8 Å². The number of benzene rings is 1. The molecule has 0 saturated carbocycles. The molecule has 0 atom stereocenters. The van der Waals surface area contributed by atoms with Gasteiger partial charge in [0.25, 0.3) is 0 Å². The number of thioether (sulfide) groups is 1. The van der Waals surface area contributed by atoms with Crippen LogP contribution in [-0.4, -0.2) is 38.2 Å². The third kappa shape index (κ3) is 5.74. The van der Waals surface area contributed by atoms with Gasteiger partial charge in [-0.15, -0.1) is 10.2 Å². The first-order chi connectivity index (χ1) is 11.9. The van der Waals surface area contributed by atoms with Crippen LogP contribution < -0.4 is 4.74 Å². The Hall–Kier alpha value is -1.54. The van der Waals surface area contributed by atoms with Crippen molar-refractivity contribution in [3.8, 4) is 5.75 Å². The van der Waals surface area contributed by atoms with Crippen molar-refractivity contribution in [2.75, 3.05) is 12.4 Å². The van der Waals surface area contributed by atoms with E-state index in [1.54, 1.807) is 0 Å². The molecular weight excluding hydrogens is 406 g/mol. The van der Waals surface area contributed by atoms with E-state index in [9.17, 15) is 4.79 Å². The summed E-state index contributed by atoms with van der Waals surface area (Å²) in [6, 6.07) is 6.16. The third-order valence-electron chi connectivity index (χ3n) is 3.67. The molecule has 0 aliphatic heterocycles. The molecule has 0 spiro atoms. The first-order valence-corrected chi connectivity index (χ1v) is 9.81. The van der Waals surface area contributed by atoms with Crippen LogP contribution in [0.4, 0.5) is 0 Å². The van der Waals surface area contributed by atoms with Gasteiger partial charge >= 0.3 is 5.97 Å². The van der Waals surface area contributed by atoms with Crippen LogP contribution in [0.15, 0.2) is 27.8 Å². The van der Waals surface area contributed by atoms with Gasteiger partial charge in [0, 0.05) is 13.5 Å². The molecule has 25 heavy (non-hydrogen) atoms. The van der Waals surface area contributed by atoms with E-state index >= 15 is 0 Å². The smallest absolute Gasteiger partial charge is 0.313 e. The quantitative estimate of drug-likeness (QED) is 0.483. The highest BCUT2D eigenvalue weighted by Gasteiger charge is 2.11. The third-order valence-corrected chi connectivity index (χ3v) is 5.30. The highest BCUT2D eigenvalue weighted by atomic mass is 79.9. The number of rotatable bonds is 9. The Bertz CT molecular complexity index is 734. The van der Waals surface area contributed by atoms with Gasteiger partial charge < -0.3 is 14.4 Å². The van der Waals surface area contributed by atoms with Crippen molar-refractivity contribution in [2.24, 2.45) is 7.05 Å². The SMILES string of the molecule is CC(C)c1ccc(OCCCc2nnc(SCC(=O)O)n2C)c(Br)c1. The van der Waals surface area contributed by atoms with Crippen LogP contribution >= 0.6 is 27.7 Å². The zero-order valence-corrected chi connectivity index (χ0v) is 16.9. The van der Waals surface area contributed by atoms with Crippen molar-refractivity contribution >= 4 is 33.7 Å². The van der Waals surface area contributed by atoms with Gasteiger partial charge in [-0.1, -0.05) is 31.7 Å². The minimum Gasteiger partial charge on any atom is -0.492 e. The molecule has 0 unspecified atom stereocenters. The van der Waals surface area contributed by atoms with Gasteiger partial charge in [0.15, 0.2) is 5.16 Å². The number of carbonyl (C=O) groups is 1. The van der Waals surface area contributed by atoms with E-state index in [0.717, 1.165) is 28.9 Å². The number of carboxylic acid groups (broad SMARTS) is 1. The molecule has 8 heteroatoms.